The second kappa shape index (κ2) is 7.44. The molecule has 1 aromatic carbocycles. The Bertz CT molecular complexity index is 465. The van der Waals surface area contributed by atoms with Crippen molar-refractivity contribution in [2.75, 3.05) is 57.3 Å². The Kier molecular flexibility index (Phi) is 5.34. The Morgan fingerprint density at radius 1 is 0.955 bits per heavy atom. The molecule has 3 rings (SSSR count). The van der Waals surface area contributed by atoms with Crippen LogP contribution in [0.2, 0.25) is 0 Å². The van der Waals surface area contributed by atoms with Crippen molar-refractivity contribution in [2.24, 2.45) is 0 Å². The first kappa shape index (κ1) is 15.8. The van der Waals surface area contributed by atoms with Crippen molar-refractivity contribution < 1.29 is 5.11 Å². The van der Waals surface area contributed by atoms with Gasteiger partial charge in [-0.1, -0.05) is 12.1 Å². The second-order valence-electron chi connectivity index (χ2n) is 6.79. The maximum Gasteiger partial charge on any atom is 0.0793 e. The van der Waals surface area contributed by atoms with E-state index >= 15 is 0 Å². The van der Waals surface area contributed by atoms with Gasteiger partial charge in [0.2, 0.25) is 0 Å². The molecule has 1 atom stereocenters. The van der Waals surface area contributed by atoms with Gasteiger partial charge in [0.15, 0.2) is 0 Å². The quantitative estimate of drug-likeness (QED) is 0.894. The molecule has 4 nitrogen and oxygen atoms in total. The van der Waals surface area contributed by atoms with E-state index in [0.717, 1.165) is 52.4 Å². The minimum Gasteiger partial charge on any atom is -0.390 e. The summed E-state index contributed by atoms with van der Waals surface area (Å²) in [7, 11) is 0. The average Bonchev–Trinajstić information content (AvgIpc) is 3.01. The molecule has 2 saturated heterocycles. The molecule has 1 N–H and O–H groups in total. The predicted molar refractivity (Wildman–Crippen MR) is 91.5 cm³/mol. The van der Waals surface area contributed by atoms with Crippen molar-refractivity contribution in [1.82, 2.24) is 9.80 Å². The zero-order valence-electron chi connectivity index (χ0n) is 13.7. The van der Waals surface area contributed by atoms with Crippen molar-refractivity contribution in [3.8, 4) is 0 Å². The highest BCUT2D eigenvalue weighted by atomic mass is 16.3. The van der Waals surface area contributed by atoms with E-state index in [0.29, 0.717) is 0 Å². The summed E-state index contributed by atoms with van der Waals surface area (Å²) in [6.07, 6.45) is 2.38. The lowest BCUT2D eigenvalue weighted by Gasteiger charge is -2.37. The summed E-state index contributed by atoms with van der Waals surface area (Å²) in [5.41, 5.74) is 2.65. The van der Waals surface area contributed by atoms with Crippen LogP contribution in [0.5, 0.6) is 0 Å². The number of aryl methyl sites for hydroxylation is 1. The molecule has 2 fully saturated rings. The van der Waals surface area contributed by atoms with Crippen LogP contribution in [-0.2, 0) is 0 Å². The van der Waals surface area contributed by atoms with E-state index in [1.807, 2.05) is 0 Å². The van der Waals surface area contributed by atoms with E-state index in [4.69, 9.17) is 0 Å². The highest BCUT2D eigenvalue weighted by molar-refractivity contribution is 5.48. The number of aliphatic hydroxyl groups excluding tert-OH is 1. The summed E-state index contributed by atoms with van der Waals surface area (Å²) in [5.74, 6) is 0. The third kappa shape index (κ3) is 4.22. The number of anilines is 1. The lowest BCUT2D eigenvalue weighted by Crippen LogP contribution is -2.50. The molecule has 2 aliphatic rings. The Morgan fingerprint density at radius 2 is 1.59 bits per heavy atom. The fraction of sp³-hybridized carbons (Fsp3) is 0.667. The molecule has 122 valence electrons. The zero-order valence-corrected chi connectivity index (χ0v) is 13.7. The molecule has 4 heteroatoms. The number of nitrogens with zero attached hydrogens (tertiary/aromatic N) is 3. The van der Waals surface area contributed by atoms with Crippen LogP contribution in [0.15, 0.2) is 24.3 Å². The van der Waals surface area contributed by atoms with Crippen LogP contribution in [-0.4, -0.2) is 73.4 Å². The molecule has 1 aromatic rings. The first-order valence-electron chi connectivity index (χ1n) is 8.65. The van der Waals surface area contributed by atoms with E-state index in [9.17, 15) is 5.11 Å². The largest absolute Gasteiger partial charge is 0.390 e. The number of aliphatic hydroxyl groups is 1. The van der Waals surface area contributed by atoms with Gasteiger partial charge in [0, 0.05) is 45.0 Å². The monoisotopic (exact) mass is 303 g/mol. The highest BCUT2D eigenvalue weighted by Crippen LogP contribution is 2.18. The van der Waals surface area contributed by atoms with E-state index in [-0.39, 0.29) is 6.10 Å². The molecule has 0 aliphatic carbocycles. The van der Waals surface area contributed by atoms with Gasteiger partial charge in [0.1, 0.15) is 0 Å². The number of benzene rings is 1. The van der Waals surface area contributed by atoms with Crippen LogP contribution >= 0.6 is 0 Å². The van der Waals surface area contributed by atoms with E-state index in [1.54, 1.807) is 0 Å². The van der Waals surface area contributed by atoms with Crippen LogP contribution in [0.1, 0.15) is 18.4 Å². The van der Waals surface area contributed by atoms with Crippen LogP contribution in [0, 0.1) is 6.92 Å². The van der Waals surface area contributed by atoms with Crippen molar-refractivity contribution in [1.29, 1.82) is 0 Å². The predicted octanol–water partition coefficient (Wildman–Crippen LogP) is 1.57. The number of rotatable bonds is 5. The van der Waals surface area contributed by atoms with Gasteiger partial charge in [0.25, 0.3) is 0 Å². The van der Waals surface area contributed by atoms with E-state index in [2.05, 4.69) is 45.9 Å². The van der Waals surface area contributed by atoms with Crippen LogP contribution in [0.4, 0.5) is 5.69 Å². The summed E-state index contributed by atoms with van der Waals surface area (Å²) in [6, 6.07) is 8.74. The maximum absolute atomic E-state index is 10.3. The highest BCUT2D eigenvalue weighted by Gasteiger charge is 2.21. The van der Waals surface area contributed by atoms with Gasteiger partial charge in [0.05, 0.1) is 6.10 Å². The number of β-amino-alcohol motifs (C(OH)–C–C–N with tert-alkyl or cyclic N) is 1. The molecule has 2 heterocycles. The lowest BCUT2D eigenvalue weighted by atomic mass is 10.2. The van der Waals surface area contributed by atoms with Crippen molar-refractivity contribution >= 4 is 5.69 Å². The smallest absolute Gasteiger partial charge is 0.0793 e. The molecular formula is C18H29N3O. The number of hydrogen-bond donors (Lipinski definition) is 1. The third-order valence-electron chi connectivity index (χ3n) is 4.88. The molecule has 0 amide bonds. The molecule has 0 radical (unpaired) electrons. The fourth-order valence-electron chi connectivity index (χ4n) is 3.63. The number of hydrogen-bond acceptors (Lipinski definition) is 4. The van der Waals surface area contributed by atoms with Gasteiger partial charge < -0.3 is 14.9 Å². The summed E-state index contributed by atoms with van der Waals surface area (Å²) < 4.78 is 0. The second-order valence-corrected chi connectivity index (χ2v) is 6.79. The first-order valence-corrected chi connectivity index (χ1v) is 8.65. The topological polar surface area (TPSA) is 30.0 Å². The van der Waals surface area contributed by atoms with E-state index < -0.39 is 0 Å². The van der Waals surface area contributed by atoms with Gasteiger partial charge in [-0.25, -0.2) is 0 Å². The summed E-state index contributed by atoms with van der Waals surface area (Å²) in [6.45, 7) is 10.3. The third-order valence-corrected chi connectivity index (χ3v) is 4.88. The molecule has 0 bridgehead atoms. The molecule has 0 spiro atoms. The summed E-state index contributed by atoms with van der Waals surface area (Å²) >= 11 is 0. The van der Waals surface area contributed by atoms with E-state index in [1.165, 1.54) is 24.1 Å². The van der Waals surface area contributed by atoms with Crippen LogP contribution in [0.3, 0.4) is 0 Å². The number of likely N-dealkylation sites (tertiary alicyclic amines) is 1. The standard InChI is InChI=1S/C18H29N3O/c1-16-5-4-6-17(13-16)21-11-9-20(10-12-21)15-18(22)14-19-7-2-3-8-19/h4-6,13,18,22H,2-3,7-12,14-15H2,1H3. The van der Waals surface area contributed by atoms with Crippen molar-refractivity contribution in [2.45, 2.75) is 25.9 Å². The van der Waals surface area contributed by atoms with Crippen molar-refractivity contribution in [3.63, 3.8) is 0 Å². The Balaban J connectivity index is 1.43. The van der Waals surface area contributed by atoms with Gasteiger partial charge in [-0.2, -0.15) is 0 Å². The zero-order chi connectivity index (χ0) is 15.4. The fourth-order valence-corrected chi connectivity index (χ4v) is 3.63. The van der Waals surface area contributed by atoms with Crippen LogP contribution in [0.25, 0.3) is 0 Å². The molecular weight excluding hydrogens is 274 g/mol. The first-order chi connectivity index (χ1) is 10.7. The average molecular weight is 303 g/mol. The normalized spacial score (nSPS) is 22.2. The Morgan fingerprint density at radius 3 is 2.23 bits per heavy atom. The van der Waals surface area contributed by atoms with Gasteiger partial charge >= 0.3 is 0 Å². The van der Waals surface area contributed by atoms with Gasteiger partial charge in [-0.3, -0.25) is 4.90 Å². The van der Waals surface area contributed by atoms with Crippen LogP contribution < -0.4 is 4.90 Å². The molecule has 22 heavy (non-hydrogen) atoms. The molecule has 0 saturated carbocycles. The Hall–Kier alpha value is -1.10. The SMILES string of the molecule is Cc1cccc(N2CCN(CC(O)CN3CCCC3)CC2)c1. The Labute approximate surface area is 134 Å². The number of piperazine rings is 1. The minimum absolute atomic E-state index is 0.205. The van der Waals surface area contributed by atoms with Crippen molar-refractivity contribution in [3.05, 3.63) is 29.8 Å². The van der Waals surface area contributed by atoms with Gasteiger partial charge in [-0.15, -0.1) is 0 Å². The lowest BCUT2D eigenvalue weighted by molar-refractivity contribution is 0.0790. The summed E-state index contributed by atoms with van der Waals surface area (Å²) in [5, 5.41) is 10.3. The molecule has 1 unspecified atom stereocenters. The minimum atomic E-state index is -0.205. The molecule has 0 aromatic heterocycles. The molecule has 2 aliphatic heterocycles. The summed E-state index contributed by atoms with van der Waals surface area (Å²) in [4.78, 5) is 7.26. The maximum atomic E-state index is 10.3. The van der Waals surface area contributed by atoms with Gasteiger partial charge in [-0.05, 0) is 50.6 Å².